The summed E-state index contributed by atoms with van der Waals surface area (Å²) in [7, 11) is -1.41. The zero-order chi connectivity index (χ0) is 12.0. The van der Waals surface area contributed by atoms with E-state index in [1.165, 1.54) is 4.31 Å². The van der Waals surface area contributed by atoms with Crippen LogP contribution in [-0.4, -0.2) is 69.8 Å². The summed E-state index contributed by atoms with van der Waals surface area (Å²) < 4.78 is 30.0. The topological polar surface area (TPSA) is 49.9 Å². The maximum absolute atomic E-state index is 11.7. The minimum atomic E-state index is -3.04. The minimum absolute atomic E-state index is 0.245. The van der Waals surface area contributed by atoms with Gasteiger partial charge >= 0.3 is 0 Å². The number of morpholine rings is 1. The van der Waals surface area contributed by atoms with E-state index in [1.54, 1.807) is 7.05 Å². The molecule has 5 nitrogen and oxygen atoms in total. The lowest BCUT2D eigenvalue weighted by molar-refractivity contribution is 0.0380. The van der Waals surface area contributed by atoms with Gasteiger partial charge in [0.1, 0.15) is 0 Å². The number of rotatable bonds is 6. The lowest BCUT2D eigenvalue weighted by atomic mass is 10.4. The van der Waals surface area contributed by atoms with Crippen LogP contribution in [0, 0.1) is 0 Å². The zero-order valence-electron chi connectivity index (χ0n) is 10.2. The Bertz CT molecular complexity index is 286. The highest BCUT2D eigenvalue weighted by Gasteiger charge is 2.17. The first kappa shape index (κ1) is 13.9. The molecule has 0 spiro atoms. The summed E-state index contributed by atoms with van der Waals surface area (Å²) in [6.45, 7) is 6.61. The average molecular weight is 250 g/mol. The first-order chi connectivity index (χ1) is 7.56. The SMILES string of the molecule is CCN(C)S(=O)(=O)CCCN1CCOCC1. The van der Waals surface area contributed by atoms with Crippen molar-refractivity contribution in [2.24, 2.45) is 0 Å². The highest BCUT2D eigenvalue weighted by molar-refractivity contribution is 7.89. The molecule has 0 aliphatic carbocycles. The fourth-order valence-corrected chi connectivity index (χ4v) is 2.85. The maximum atomic E-state index is 11.7. The van der Waals surface area contributed by atoms with Crippen molar-refractivity contribution in [2.75, 3.05) is 52.2 Å². The van der Waals surface area contributed by atoms with Gasteiger partial charge in [-0.3, -0.25) is 4.90 Å². The Labute approximate surface area is 98.4 Å². The third kappa shape index (κ3) is 4.37. The molecule has 1 fully saturated rings. The van der Waals surface area contributed by atoms with Gasteiger partial charge in [0.2, 0.25) is 10.0 Å². The van der Waals surface area contributed by atoms with Crippen molar-refractivity contribution in [1.29, 1.82) is 0 Å². The van der Waals surface area contributed by atoms with E-state index in [0.29, 0.717) is 13.0 Å². The van der Waals surface area contributed by atoms with E-state index in [-0.39, 0.29) is 5.75 Å². The largest absolute Gasteiger partial charge is 0.379 e. The Morgan fingerprint density at radius 3 is 2.50 bits per heavy atom. The van der Waals surface area contributed by atoms with E-state index in [0.717, 1.165) is 32.8 Å². The predicted molar refractivity (Wildman–Crippen MR) is 64.0 cm³/mol. The minimum Gasteiger partial charge on any atom is -0.379 e. The number of hydrogen-bond donors (Lipinski definition) is 0. The molecular formula is C10H22N2O3S. The maximum Gasteiger partial charge on any atom is 0.213 e. The summed E-state index contributed by atoms with van der Waals surface area (Å²) in [4.78, 5) is 2.25. The summed E-state index contributed by atoms with van der Waals surface area (Å²) in [6, 6.07) is 0. The van der Waals surface area contributed by atoms with E-state index >= 15 is 0 Å². The molecular weight excluding hydrogens is 228 g/mol. The van der Waals surface area contributed by atoms with Gasteiger partial charge in [0.15, 0.2) is 0 Å². The second kappa shape index (κ2) is 6.54. The summed E-state index contributed by atoms with van der Waals surface area (Å²) in [5.41, 5.74) is 0. The number of hydrogen-bond acceptors (Lipinski definition) is 4. The van der Waals surface area contributed by atoms with Gasteiger partial charge in [-0.25, -0.2) is 12.7 Å². The van der Waals surface area contributed by atoms with Crippen LogP contribution in [0.25, 0.3) is 0 Å². The molecule has 6 heteroatoms. The molecule has 1 rings (SSSR count). The molecule has 0 aromatic rings. The van der Waals surface area contributed by atoms with Gasteiger partial charge in [0.05, 0.1) is 19.0 Å². The molecule has 0 unspecified atom stereocenters. The van der Waals surface area contributed by atoms with Crippen molar-refractivity contribution in [3.8, 4) is 0 Å². The first-order valence-corrected chi connectivity index (χ1v) is 7.41. The average Bonchev–Trinajstić information content (AvgIpc) is 2.29. The van der Waals surface area contributed by atoms with Gasteiger partial charge in [0.25, 0.3) is 0 Å². The van der Waals surface area contributed by atoms with E-state index in [1.807, 2.05) is 6.92 Å². The first-order valence-electron chi connectivity index (χ1n) is 5.80. The lowest BCUT2D eigenvalue weighted by Gasteiger charge is -2.26. The summed E-state index contributed by atoms with van der Waals surface area (Å²) in [5, 5.41) is 0. The zero-order valence-corrected chi connectivity index (χ0v) is 11.0. The molecule has 0 atom stereocenters. The molecule has 96 valence electrons. The van der Waals surface area contributed by atoms with Crippen LogP contribution in [0.2, 0.25) is 0 Å². The second-order valence-electron chi connectivity index (χ2n) is 4.04. The van der Waals surface area contributed by atoms with E-state index in [4.69, 9.17) is 4.74 Å². The smallest absolute Gasteiger partial charge is 0.213 e. The molecule has 0 aromatic carbocycles. The summed E-state index contributed by atoms with van der Waals surface area (Å²) in [6.07, 6.45) is 0.701. The van der Waals surface area contributed by atoms with Crippen LogP contribution in [0.1, 0.15) is 13.3 Å². The summed E-state index contributed by atoms with van der Waals surface area (Å²) >= 11 is 0. The Kier molecular flexibility index (Phi) is 5.68. The van der Waals surface area contributed by atoms with Crippen LogP contribution in [0.3, 0.4) is 0 Å². The summed E-state index contributed by atoms with van der Waals surface area (Å²) in [5.74, 6) is 0.245. The molecule has 0 saturated carbocycles. The number of nitrogens with zero attached hydrogens (tertiary/aromatic N) is 2. The monoisotopic (exact) mass is 250 g/mol. The standard InChI is InChI=1S/C10H22N2O3S/c1-3-11(2)16(13,14)10-4-5-12-6-8-15-9-7-12/h3-10H2,1-2H3. The predicted octanol–water partition coefficient (Wildman–Crippen LogP) is -0.00980. The molecule has 0 amide bonds. The van der Waals surface area contributed by atoms with E-state index in [9.17, 15) is 8.42 Å². The van der Waals surface area contributed by atoms with Crippen LogP contribution in [0.5, 0.6) is 0 Å². The van der Waals surface area contributed by atoms with Crippen molar-refractivity contribution in [1.82, 2.24) is 9.21 Å². The molecule has 0 bridgehead atoms. The van der Waals surface area contributed by atoms with Gasteiger partial charge < -0.3 is 4.74 Å². The molecule has 0 radical (unpaired) electrons. The third-order valence-electron chi connectivity index (χ3n) is 2.90. The molecule has 0 N–H and O–H groups in total. The van der Waals surface area contributed by atoms with Gasteiger partial charge in [-0.05, 0) is 13.0 Å². The molecule has 0 aromatic heterocycles. The molecule has 16 heavy (non-hydrogen) atoms. The fraction of sp³-hybridized carbons (Fsp3) is 1.00. The van der Waals surface area contributed by atoms with Gasteiger partial charge in [0, 0.05) is 26.7 Å². The van der Waals surface area contributed by atoms with Crippen molar-refractivity contribution in [3.05, 3.63) is 0 Å². The van der Waals surface area contributed by atoms with Crippen LogP contribution in [-0.2, 0) is 14.8 Å². The lowest BCUT2D eigenvalue weighted by Crippen LogP contribution is -2.38. The van der Waals surface area contributed by atoms with Gasteiger partial charge in [-0.1, -0.05) is 6.92 Å². The molecule has 1 saturated heterocycles. The van der Waals surface area contributed by atoms with E-state index in [2.05, 4.69) is 4.90 Å². The fourth-order valence-electron chi connectivity index (χ4n) is 1.65. The molecule has 1 aliphatic rings. The van der Waals surface area contributed by atoms with Crippen LogP contribution >= 0.6 is 0 Å². The number of ether oxygens (including phenoxy) is 1. The van der Waals surface area contributed by atoms with Gasteiger partial charge in [-0.15, -0.1) is 0 Å². The quantitative estimate of drug-likeness (QED) is 0.665. The van der Waals surface area contributed by atoms with Crippen molar-refractivity contribution in [2.45, 2.75) is 13.3 Å². The van der Waals surface area contributed by atoms with Gasteiger partial charge in [-0.2, -0.15) is 0 Å². The Hall–Kier alpha value is -0.170. The second-order valence-corrected chi connectivity index (χ2v) is 6.23. The Balaban J connectivity index is 2.23. The van der Waals surface area contributed by atoms with E-state index < -0.39 is 10.0 Å². The van der Waals surface area contributed by atoms with Crippen molar-refractivity contribution < 1.29 is 13.2 Å². The Morgan fingerprint density at radius 2 is 1.94 bits per heavy atom. The van der Waals surface area contributed by atoms with Crippen LogP contribution in [0.15, 0.2) is 0 Å². The van der Waals surface area contributed by atoms with Crippen LogP contribution < -0.4 is 0 Å². The Morgan fingerprint density at radius 1 is 1.31 bits per heavy atom. The molecule has 1 aliphatic heterocycles. The highest BCUT2D eigenvalue weighted by Crippen LogP contribution is 2.03. The van der Waals surface area contributed by atoms with Crippen LogP contribution in [0.4, 0.5) is 0 Å². The van der Waals surface area contributed by atoms with Crippen molar-refractivity contribution in [3.63, 3.8) is 0 Å². The normalized spacial score (nSPS) is 19.2. The molecule has 1 heterocycles. The van der Waals surface area contributed by atoms with Crippen molar-refractivity contribution >= 4 is 10.0 Å². The third-order valence-corrected chi connectivity index (χ3v) is 4.91. The highest BCUT2D eigenvalue weighted by atomic mass is 32.2. The number of sulfonamides is 1.